The van der Waals surface area contributed by atoms with E-state index in [-0.39, 0.29) is 6.04 Å². The fourth-order valence-electron chi connectivity index (χ4n) is 1.26. The summed E-state index contributed by atoms with van der Waals surface area (Å²) in [6, 6.07) is 0.107. The molecule has 1 heterocycles. The van der Waals surface area contributed by atoms with Crippen LogP contribution < -0.4 is 5.73 Å². The van der Waals surface area contributed by atoms with Crippen LogP contribution in [0.2, 0.25) is 0 Å². The van der Waals surface area contributed by atoms with E-state index >= 15 is 0 Å². The predicted molar refractivity (Wildman–Crippen MR) is 51.6 cm³/mol. The van der Waals surface area contributed by atoms with Crippen LogP contribution in [0.25, 0.3) is 0 Å². The Morgan fingerprint density at radius 2 is 2.36 bits per heavy atom. The van der Waals surface area contributed by atoms with Crippen molar-refractivity contribution in [2.24, 2.45) is 5.73 Å². The molecule has 0 aliphatic carbocycles. The summed E-state index contributed by atoms with van der Waals surface area (Å²) in [5.41, 5.74) is 5.84. The largest absolute Gasteiger partial charge is 0.377 e. The summed E-state index contributed by atoms with van der Waals surface area (Å²) >= 11 is 0. The number of hydrogen-bond acceptors (Lipinski definition) is 5. The molecule has 5 nitrogen and oxygen atoms in total. The fourth-order valence-corrected chi connectivity index (χ4v) is 1.26. The Kier molecular flexibility index (Phi) is 4.55. The second-order valence-corrected chi connectivity index (χ2v) is 3.29. The highest BCUT2D eigenvalue weighted by molar-refractivity contribution is 4.87. The van der Waals surface area contributed by atoms with Gasteiger partial charge in [-0.15, -0.1) is 0 Å². The molecule has 1 aromatic rings. The van der Waals surface area contributed by atoms with Gasteiger partial charge in [-0.3, -0.25) is 0 Å². The molecule has 0 spiro atoms. The normalized spacial score (nSPS) is 13.1. The summed E-state index contributed by atoms with van der Waals surface area (Å²) in [6.45, 7) is 2.48. The third-order valence-corrected chi connectivity index (χ3v) is 1.88. The topological polar surface area (TPSA) is 74.2 Å². The van der Waals surface area contributed by atoms with E-state index in [2.05, 4.69) is 17.1 Å². The van der Waals surface area contributed by atoms with Crippen LogP contribution in [-0.4, -0.2) is 23.3 Å². The van der Waals surface area contributed by atoms with Crippen molar-refractivity contribution in [2.75, 3.05) is 7.11 Å². The van der Waals surface area contributed by atoms with E-state index in [0.29, 0.717) is 24.7 Å². The summed E-state index contributed by atoms with van der Waals surface area (Å²) < 4.78 is 9.89. The maximum atomic E-state index is 5.84. The minimum atomic E-state index is 0.107. The van der Waals surface area contributed by atoms with E-state index < -0.39 is 0 Å². The first-order chi connectivity index (χ1) is 6.76. The van der Waals surface area contributed by atoms with Gasteiger partial charge in [-0.25, -0.2) is 0 Å². The highest BCUT2D eigenvalue weighted by atomic mass is 16.5. The minimum Gasteiger partial charge on any atom is -0.377 e. The molecule has 80 valence electrons. The Morgan fingerprint density at radius 3 is 3.00 bits per heavy atom. The van der Waals surface area contributed by atoms with Gasteiger partial charge >= 0.3 is 0 Å². The third kappa shape index (κ3) is 3.43. The van der Waals surface area contributed by atoms with E-state index in [4.69, 9.17) is 15.0 Å². The maximum Gasteiger partial charge on any atom is 0.228 e. The first kappa shape index (κ1) is 11.1. The molecule has 1 atom stereocenters. The lowest BCUT2D eigenvalue weighted by molar-refractivity contribution is 0.174. The van der Waals surface area contributed by atoms with Crippen molar-refractivity contribution < 1.29 is 9.26 Å². The molecular weight excluding hydrogens is 182 g/mol. The monoisotopic (exact) mass is 199 g/mol. The van der Waals surface area contributed by atoms with E-state index in [1.165, 1.54) is 0 Å². The van der Waals surface area contributed by atoms with Gasteiger partial charge in [-0.2, -0.15) is 4.98 Å². The van der Waals surface area contributed by atoms with Gasteiger partial charge in [0, 0.05) is 19.6 Å². The highest BCUT2D eigenvalue weighted by Crippen LogP contribution is 2.04. The van der Waals surface area contributed by atoms with E-state index in [0.717, 1.165) is 12.8 Å². The molecule has 0 fully saturated rings. The Hall–Kier alpha value is -0.940. The molecule has 0 aliphatic heterocycles. The molecule has 14 heavy (non-hydrogen) atoms. The molecule has 0 saturated carbocycles. The fraction of sp³-hybridized carbons (Fsp3) is 0.778. The summed E-state index contributed by atoms with van der Waals surface area (Å²) in [6.07, 6.45) is 2.69. The van der Waals surface area contributed by atoms with Crippen molar-refractivity contribution in [3.8, 4) is 0 Å². The second-order valence-electron chi connectivity index (χ2n) is 3.29. The smallest absolute Gasteiger partial charge is 0.228 e. The van der Waals surface area contributed by atoms with Crippen LogP contribution >= 0.6 is 0 Å². The molecule has 0 aromatic carbocycles. The number of hydrogen-bond donors (Lipinski definition) is 1. The minimum absolute atomic E-state index is 0.107. The van der Waals surface area contributed by atoms with Gasteiger partial charge in [0.15, 0.2) is 5.82 Å². The summed E-state index contributed by atoms with van der Waals surface area (Å²) in [7, 11) is 1.60. The van der Waals surface area contributed by atoms with Crippen LogP contribution in [0.1, 0.15) is 31.5 Å². The Bertz CT molecular complexity index is 262. The van der Waals surface area contributed by atoms with Crippen molar-refractivity contribution in [3.05, 3.63) is 11.7 Å². The molecule has 1 aromatic heterocycles. The number of nitrogens with two attached hydrogens (primary N) is 1. The number of ether oxygens (including phenoxy) is 1. The zero-order valence-electron chi connectivity index (χ0n) is 8.69. The van der Waals surface area contributed by atoms with Crippen molar-refractivity contribution >= 4 is 0 Å². The van der Waals surface area contributed by atoms with Crippen LogP contribution in [0, 0.1) is 0 Å². The number of rotatable bonds is 6. The average Bonchev–Trinajstić information content (AvgIpc) is 2.53. The molecule has 0 amide bonds. The third-order valence-electron chi connectivity index (χ3n) is 1.88. The van der Waals surface area contributed by atoms with Gasteiger partial charge in [0.25, 0.3) is 0 Å². The Morgan fingerprint density at radius 1 is 1.57 bits per heavy atom. The molecule has 0 aliphatic rings. The quantitative estimate of drug-likeness (QED) is 0.736. The van der Waals surface area contributed by atoms with Crippen molar-refractivity contribution in [2.45, 2.75) is 38.8 Å². The van der Waals surface area contributed by atoms with Gasteiger partial charge in [-0.1, -0.05) is 18.5 Å². The Labute approximate surface area is 83.6 Å². The molecule has 0 bridgehead atoms. The zero-order valence-corrected chi connectivity index (χ0v) is 8.69. The molecule has 0 radical (unpaired) electrons. The van der Waals surface area contributed by atoms with Gasteiger partial charge in [-0.05, 0) is 6.42 Å². The Balaban J connectivity index is 2.42. The highest BCUT2D eigenvalue weighted by Gasteiger charge is 2.10. The van der Waals surface area contributed by atoms with Crippen LogP contribution in [-0.2, 0) is 17.8 Å². The average molecular weight is 199 g/mol. The summed E-state index contributed by atoms with van der Waals surface area (Å²) in [4.78, 5) is 4.14. The van der Waals surface area contributed by atoms with Crippen LogP contribution in [0.4, 0.5) is 0 Å². The lowest BCUT2D eigenvalue weighted by atomic mass is 10.1. The van der Waals surface area contributed by atoms with E-state index in [9.17, 15) is 0 Å². The first-order valence-corrected chi connectivity index (χ1v) is 4.82. The molecule has 1 rings (SSSR count). The van der Waals surface area contributed by atoms with E-state index in [1.54, 1.807) is 7.11 Å². The summed E-state index contributed by atoms with van der Waals surface area (Å²) in [5, 5.41) is 3.75. The predicted octanol–water partition coefficient (Wildman–Crippen LogP) is 0.886. The molecule has 1 unspecified atom stereocenters. The van der Waals surface area contributed by atoms with Crippen molar-refractivity contribution in [1.29, 1.82) is 0 Å². The second kappa shape index (κ2) is 5.72. The van der Waals surface area contributed by atoms with E-state index in [1.807, 2.05) is 0 Å². The van der Waals surface area contributed by atoms with Crippen LogP contribution in [0.15, 0.2) is 4.52 Å². The SMILES string of the molecule is CCCC(N)Cc1nc(COC)no1. The van der Waals surface area contributed by atoms with Crippen LogP contribution in [0.3, 0.4) is 0 Å². The lowest BCUT2D eigenvalue weighted by Gasteiger charge is -2.05. The van der Waals surface area contributed by atoms with Gasteiger partial charge in [0.1, 0.15) is 6.61 Å². The number of nitrogens with zero attached hydrogens (tertiary/aromatic N) is 2. The number of aromatic nitrogens is 2. The maximum absolute atomic E-state index is 5.84. The van der Waals surface area contributed by atoms with Crippen molar-refractivity contribution in [3.63, 3.8) is 0 Å². The lowest BCUT2D eigenvalue weighted by Crippen LogP contribution is -2.22. The molecular formula is C9H17N3O2. The molecule has 2 N–H and O–H groups in total. The van der Waals surface area contributed by atoms with Crippen LogP contribution in [0.5, 0.6) is 0 Å². The molecule has 0 saturated heterocycles. The number of methoxy groups -OCH3 is 1. The zero-order chi connectivity index (χ0) is 10.4. The van der Waals surface area contributed by atoms with Gasteiger partial charge in [0.05, 0.1) is 0 Å². The van der Waals surface area contributed by atoms with Gasteiger partial charge in [0.2, 0.25) is 5.89 Å². The molecule has 5 heteroatoms. The summed E-state index contributed by atoms with van der Waals surface area (Å²) in [5.74, 6) is 1.17. The standard InChI is InChI=1S/C9H17N3O2/c1-3-4-7(10)5-9-11-8(6-13-2)12-14-9/h7H,3-6,10H2,1-2H3. The van der Waals surface area contributed by atoms with Crippen molar-refractivity contribution in [1.82, 2.24) is 10.1 Å². The first-order valence-electron chi connectivity index (χ1n) is 4.82. The van der Waals surface area contributed by atoms with Gasteiger partial charge < -0.3 is 15.0 Å².